The van der Waals surface area contributed by atoms with Crippen LogP contribution < -0.4 is 10.5 Å². The van der Waals surface area contributed by atoms with Gasteiger partial charge in [0.15, 0.2) is 11.6 Å². The highest BCUT2D eigenvalue weighted by Gasteiger charge is 2.09. The second-order valence-electron chi connectivity index (χ2n) is 1.98. The molecule has 0 saturated carbocycles. The lowest BCUT2D eigenvalue weighted by atomic mass is 10.3. The number of nitrogens with two attached hydrogens (primary N) is 1. The molecule has 0 fully saturated rings. The average Bonchev–Trinajstić information content (AvgIpc) is 2.01. The molecule has 2 nitrogen and oxygen atoms in total. The van der Waals surface area contributed by atoms with Crippen molar-refractivity contribution in [3.63, 3.8) is 0 Å². The van der Waals surface area contributed by atoms with Gasteiger partial charge in [0.1, 0.15) is 11.4 Å². The summed E-state index contributed by atoms with van der Waals surface area (Å²) in [6.07, 6.45) is 0. The summed E-state index contributed by atoms with van der Waals surface area (Å²) in [5.41, 5.74) is 4.86. The van der Waals surface area contributed by atoms with Gasteiger partial charge in [0.25, 0.3) is 0 Å². The zero-order valence-electron chi connectivity index (χ0n) is 6.30. The van der Waals surface area contributed by atoms with Crippen LogP contribution in [0.1, 0.15) is 0 Å². The normalized spacial score (nSPS) is 8.92. The first-order valence-electron chi connectivity index (χ1n) is 2.94. The Labute approximate surface area is 74.7 Å². The van der Waals surface area contributed by atoms with Crippen LogP contribution in [0.25, 0.3) is 0 Å². The first-order valence-corrected chi connectivity index (χ1v) is 2.94. The van der Waals surface area contributed by atoms with Gasteiger partial charge in [0.2, 0.25) is 0 Å². The van der Waals surface area contributed by atoms with Gasteiger partial charge in [-0.2, -0.15) is 0 Å². The Bertz CT molecular complexity index is 280. The zero-order valence-corrected chi connectivity index (χ0v) is 7.12. The van der Waals surface area contributed by atoms with Crippen LogP contribution in [0, 0.1) is 11.6 Å². The standard InChI is InChI=1S/C7H7F2NO.ClH/c1-11-5-3-2-4(8)6(9)7(5)10;/h2-3H,10H2,1H3;1H. The van der Waals surface area contributed by atoms with Crippen LogP contribution in [0.4, 0.5) is 14.5 Å². The maximum atomic E-state index is 12.6. The minimum atomic E-state index is -1.07. The molecule has 0 amide bonds. The summed E-state index contributed by atoms with van der Waals surface area (Å²) in [6, 6.07) is 2.23. The van der Waals surface area contributed by atoms with E-state index in [2.05, 4.69) is 4.74 Å². The second-order valence-corrected chi connectivity index (χ2v) is 1.98. The molecular formula is C7H8ClF2NO. The van der Waals surface area contributed by atoms with E-state index in [1.165, 1.54) is 13.2 Å². The third-order valence-electron chi connectivity index (χ3n) is 1.31. The van der Waals surface area contributed by atoms with E-state index in [9.17, 15) is 8.78 Å². The van der Waals surface area contributed by atoms with Crippen LogP contribution in [0.2, 0.25) is 0 Å². The fourth-order valence-corrected chi connectivity index (χ4v) is 0.727. The number of halogens is 3. The number of anilines is 1. The molecular weight excluding hydrogens is 188 g/mol. The van der Waals surface area contributed by atoms with Gasteiger partial charge in [0, 0.05) is 0 Å². The smallest absolute Gasteiger partial charge is 0.185 e. The lowest BCUT2D eigenvalue weighted by Crippen LogP contribution is -1.97. The fraction of sp³-hybridized carbons (Fsp3) is 0.143. The number of nitrogen functional groups attached to an aromatic ring is 1. The van der Waals surface area contributed by atoms with Crippen molar-refractivity contribution in [3.05, 3.63) is 23.8 Å². The first kappa shape index (κ1) is 11.0. The molecule has 0 radical (unpaired) electrons. The van der Waals surface area contributed by atoms with E-state index in [1.807, 2.05) is 0 Å². The van der Waals surface area contributed by atoms with Crippen molar-refractivity contribution < 1.29 is 13.5 Å². The van der Waals surface area contributed by atoms with Gasteiger partial charge in [0.05, 0.1) is 7.11 Å². The predicted molar refractivity (Wildman–Crippen MR) is 44.6 cm³/mol. The van der Waals surface area contributed by atoms with Crippen LogP contribution in [-0.2, 0) is 0 Å². The maximum absolute atomic E-state index is 12.6. The number of methoxy groups -OCH3 is 1. The molecule has 1 aromatic rings. The fourth-order valence-electron chi connectivity index (χ4n) is 0.727. The van der Waals surface area contributed by atoms with Gasteiger partial charge in [-0.15, -0.1) is 12.4 Å². The summed E-state index contributed by atoms with van der Waals surface area (Å²) in [5.74, 6) is -1.89. The summed E-state index contributed by atoms with van der Waals surface area (Å²) in [6.45, 7) is 0. The van der Waals surface area contributed by atoms with Crippen LogP contribution in [0.15, 0.2) is 12.1 Å². The molecule has 0 unspecified atom stereocenters. The average molecular weight is 196 g/mol. The van der Waals surface area contributed by atoms with Gasteiger partial charge in [-0.1, -0.05) is 0 Å². The van der Waals surface area contributed by atoms with E-state index < -0.39 is 11.6 Å². The molecule has 0 spiro atoms. The van der Waals surface area contributed by atoms with Crippen molar-refractivity contribution in [1.29, 1.82) is 0 Å². The third-order valence-corrected chi connectivity index (χ3v) is 1.31. The molecule has 0 aromatic heterocycles. The van der Waals surface area contributed by atoms with Crippen molar-refractivity contribution in [3.8, 4) is 5.75 Å². The van der Waals surface area contributed by atoms with Crippen molar-refractivity contribution in [2.75, 3.05) is 12.8 Å². The highest BCUT2D eigenvalue weighted by atomic mass is 35.5. The molecule has 0 bridgehead atoms. The number of hydrogen-bond acceptors (Lipinski definition) is 2. The van der Waals surface area contributed by atoms with E-state index in [1.54, 1.807) is 0 Å². The molecule has 0 saturated heterocycles. The summed E-state index contributed by atoms with van der Waals surface area (Å²) in [4.78, 5) is 0. The summed E-state index contributed by atoms with van der Waals surface area (Å²) >= 11 is 0. The Morgan fingerprint density at radius 2 is 1.92 bits per heavy atom. The molecule has 1 rings (SSSR count). The molecule has 0 aliphatic carbocycles. The highest BCUT2D eigenvalue weighted by molar-refractivity contribution is 5.85. The molecule has 1 aromatic carbocycles. The Morgan fingerprint density at radius 3 is 2.42 bits per heavy atom. The Balaban J connectivity index is 0.00000121. The van der Waals surface area contributed by atoms with E-state index in [-0.39, 0.29) is 23.8 Å². The molecule has 12 heavy (non-hydrogen) atoms. The minimum absolute atomic E-state index is 0. The Morgan fingerprint density at radius 1 is 1.33 bits per heavy atom. The summed E-state index contributed by atoms with van der Waals surface area (Å²) < 4.78 is 29.6. The predicted octanol–water partition coefficient (Wildman–Crippen LogP) is 1.98. The lowest BCUT2D eigenvalue weighted by Gasteiger charge is -2.04. The number of ether oxygens (including phenoxy) is 1. The van der Waals surface area contributed by atoms with Crippen LogP contribution in [-0.4, -0.2) is 7.11 Å². The quantitative estimate of drug-likeness (QED) is 0.696. The monoisotopic (exact) mass is 195 g/mol. The molecule has 68 valence electrons. The summed E-state index contributed by atoms with van der Waals surface area (Å²) in [5, 5.41) is 0. The topological polar surface area (TPSA) is 35.2 Å². The lowest BCUT2D eigenvalue weighted by molar-refractivity contribution is 0.410. The van der Waals surface area contributed by atoms with Crippen LogP contribution in [0.3, 0.4) is 0 Å². The van der Waals surface area contributed by atoms with Crippen LogP contribution in [0.5, 0.6) is 5.75 Å². The van der Waals surface area contributed by atoms with E-state index >= 15 is 0 Å². The van der Waals surface area contributed by atoms with Crippen LogP contribution >= 0.6 is 12.4 Å². The number of hydrogen-bond donors (Lipinski definition) is 1. The molecule has 2 N–H and O–H groups in total. The largest absolute Gasteiger partial charge is 0.494 e. The van der Waals surface area contributed by atoms with Gasteiger partial charge in [-0.25, -0.2) is 8.78 Å². The SMILES string of the molecule is COc1ccc(F)c(F)c1N.Cl. The van der Waals surface area contributed by atoms with Crippen molar-refractivity contribution in [2.24, 2.45) is 0 Å². The van der Waals surface area contributed by atoms with Gasteiger partial charge in [-0.3, -0.25) is 0 Å². The highest BCUT2D eigenvalue weighted by Crippen LogP contribution is 2.25. The van der Waals surface area contributed by atoms with Crippen molar-refractivity contribution in [1.82, 2.24) is 0 Å². The van der Waals surface area contributed by atoms with E-state index in [4.69, 9.17) is 5.73 Å². The van der Waals surface area contributed by atoms with Crippen molar-refractivity contribution >= 4 is 18.1 Å². The van der Waals surface area contributed by atoms with Gasteiger partial charge in [-0.05, 0) is 12.1 Å². The second kappa shape index (κ2) is 4.11. The molecule has 0 heterocycles. The van der Waals surface area contributed by atoms with E-state index in [0.717, 1.165) is 6.07 Å². The van der Waals surface area contributed by atoms with Gasteiger partial charge < -0.3 is 10.5 Å². The third kappa shape index (κ3) is 1.76. The number of rotatable bonds is 1. The Hall–Kier alpha value is -1.03. The molecule has 5 heteroatoms. The van der Waals surface area contributed by atoms with Crippen molar-refractivity contribution in [2.45, 2.75) is 0 Å². The van der Waals surface area contributed by atoms with E-state index in [0.29, 0.717) is 0 Å². The maximum Gasteiger partial charge on any atom is 0.185 e. The first-order chi connectivity index (χ1) is 5.16. The molecule has 0 atom stereocenters. The van der Waals surface area contributed by atoms with Gasteiger partial charge >= 0.3 is 0 Å². The summed E-state index contributed by atoms with van der Waals surface area (Å²) in [7, 11) is 1.34. The molecule has 0 aliphatic rings. The minimum Gasteiger partial charge on any atom is -0.494 e. The Kier molecular flexibility index (Phi) is 3.76. The number of benzene rings is 1. The zero-order chi connectivity index (χ0) is 8.43. The molecule has 0 aliphatic heterocycles.